The number of nitrogens with one attached hydrogen (secondary N) is 2. The molecule has 42 heavy (non-hydrogen) atoms. The Kier molecular flexibility index (Phi) is 12.1. The largest absolute Gasteiger partial charge is 0.484 e. The summed E-state index contributed by atoms with van der Waals surface area (Å²) in [5.41, 5.74) is 2.79. The normalized spacial score (nSPS) is 15.7. The van der Waals surface area contributed by atoms with Gasteiger partial charge in [-0.1, -0.05) is 36.4 Å². The van der Waals surface area contributed by atoms with Crippen molar-refractivity contribution in [1.29, 1.82) is 0 Å². The minimum absolute atomic E-state index is 0. The van der Waals surface area contributed by atoms with Crippen molar-refractivity contribution >= 4 is 11.8 Å². The van der Waals surface area contributed by atoms with E-state index in [4.69, 9.17) is 19.0 Å². The van der Waals surface area contributed by atoms with Gasteiger partial charge in [-0.25, -0.2) is 0 Å². The SMILES string of the molecule is Cc1nnc(-c2ccc(CNC(=O)CCOCCOCCNC(=O)COc3ccc(CON4CC4C)cc3)cc2)nn1.[HH].[HH]. The third-order valence-corrected chi connectivity index (χ3v) is 6.19. The average Bonchev–Trinajstić information content (AvgIpc) is 3.72. The molecule has 0 bridgehead atoms. The molecule has 13 heteroatoms. The zero-order chi connectivity index (χ0) is 29.6. The fourth-order valence-corrected chi connectivity index (χ4v) is 3.64. The van der Waals surface area contributed by atoms with Crippen LogP contribution in [0.3, 0.4) is 0 Å². The third kappa shape index (κ3) is 11.1. The van der Waals surface area contributed by atoms with E-state index in [0.29, 0.717) is 69.6 Å². The molecule has 4 rings (SSSR count). The van der Waals surface area contributed by atoms with Crippen LogP contribution in [-0.2, 0) is 37.1 Å². The van der Waals surface area contributed by atoms with Crippen molar-refractivity contribution in [3.05, 3.63) is 65.5 Å². The van der Waals surface area contributed by atoms with Crippen molar-refractivity contribution in [1.82, 2.24) is 36.1 Å². The highest BCUT2D eigenvalue weighted by molar-refractivity contribution is 5.77. The van der Waals surface area contributed by atoms with Crippen molar-refractivity contribution in [3.8, 4) is 17.1 Å². The maximum Gasteiger partial charge on any atom is 0.258 e. The van der Waals surface area contributed by atoms with Crippen LogP contribution in [0.25, 0.3) is 11.4 Å². The Labute approximate surface area is 247 Å². The highest BCUT2D eigenvalue weighted by Crippen LogP contribution is 2.19. The first-order valence-electron chi connectivity index (χ1n) is 13.9. The molecule has 0 saturated carbocycles. The van der Waals surface area contributed by atoms with Crippen LogP contribution in [-0.4, -0.2) is 89.4 Å². The molecule has 2 N–H and O–H groups in total. The summed E-state index contributed by atoms with van der Waals surface area (Å²) in [7, 11) is 0. The van der Waals surface area contributed by atoms with Gasteiger partial charge in [0.25, 0.3) is 5.91 Å². The highest BCUT2D eigenvalue weighted by atomic mass is 16.7. The molecule has 1 aliphatic rings. The number of amides is 2. The molecule has 1 fully saturated rings. The van der Waals surface area contributed by atoms with Crippen LogP contribution in [0.15, 0.2) is 48.5 Å². The summed E-state index contributed by atoms with van der Waals surface area (Å²) >= 11 is 0. The maximum atomic E-state index is 12.1. The molecule has 1 saturated heterocycles. The van der Waals surface area contributed by atoms with Crippen molar-refractivity contribution in [3.63, 3.8) is 0 Å². The quantitative estimate of drug-likeness (QED) is 0.167. The first kappa shape index (κ1) is 30.9. The van der Waals surface area contributed by atoms with Gasteiger partial charge in [-0.3, -0.25) is 14.4 Å². The third-order valence-electron chi connectivity index (χ3n) is 6.19. The van der Waals surface area contributed by atoms with Crippen molar-refractivity contribution in [2.24, 2.45) is 0 Å². The molecule has 2 aromatic carbocycles. The summed E-state index contributed by atoms with van der Waals surface area (Å²) in [6.07, 6.45) is 0.247. The number of benzene rings is 2. The van der Waals surface area contributed by atoms with Gasteiger partial charge in [0.2, 0.25) is 11.7 Å². The molecule has 13 nitrogen and oxygen atoms in total. The van der Waals surface area contributed by atoms with Gasteiger partial charge in [-0.05, 0) is 37.1 Å². The van der Waals surface area contributed by atoms with E-state index < -0.39 is 0 Å². The van der Waals surface area contributed by atoms with E-state index in [1.165, 1.54) is 0 Å². The lowest BCUT2D eigenvalue weighted by Crippen LogP contribution is -2.31. The predicted molar refractivity (Wildman–Crippen MR) is 156 cm³/mol. The molecule has 2 atom stereocenters. The number of nitrogens with zero attached hydrogens (tertiary/aromatic N) is 5. The molecule has 1 aliphatic heterocycles. The van der Waals surface area contributed by atoms with E-state index >= 15 is 0 Å². The summed E-state index contributed by atoms with van der Waals surface area (Å²) < 4.78 is 16.4. The van der Waals surface area contributed by atoms with Gasteiger partial charge in [-0.2, -0.15) is 5.06 Å². The van der Waals surface area contributed by atoms with Gasteiger partial charge < -0.3 is 24.8 Å². The molecule has 0 spiro atoms. The number of rotatable bonds is 18. The van der Waals surface area contributed by atoms with E-state index in [0.717, 1.165) is 23.2 Å². The van der Waals surface area contributed by atoms with Crippen LogP contribution < -0.4 is 15.4 Å². The first-order valence-corrected chi connectivity index (χ1v) is 13.9. The topological polar surface area (TPSA) is 150 Å². The number of aromatic nitrogens is 4. The van der Waals surface area contributed by atoms with Crippen molar-refractivity contribution < 1.29 is 31.5 Å². The Hall–Kier alpha value is -4.04. The summed E-state index contributed by atoms with van der Waals surface area (Å²) in [6, 6.07) is 15.5. The summed E-state index contributed by atoms with van der Waals surface area (Å²) in [4.78, 5) is 29.7. The number of ether oxygens (including phenoxy) is 3. The molecular formula is C29H41N7O6. The Morgan fingerprint density at radius 3 is 2.24 bits per heavy atom. The van der Waals surface area contributed by atoms with Crippen LogP contribution in [0.5, 0.6) is 5.75 Å². The number of hydrogen-bond donors (Lipinski definition) is 2. The molecule has 0 aliphatic carbocycles. The lowest BCUT2D eigenvalue weighted by molar-refractivity contribution is -0.123. The molecule has 1 aromatic heterocycles. The van der Waals surface area contributed by atoms with Gasteiger partial charge in [0.05, 0.1) is 33.0 Å². The molecular weight excluding hydrogens is 542 g/mol. The van der Waals surface area contributed by atoms with Crippen LogP contribution >= 0.6 is 0 Å². The molecule has 2 amide bonds. The van der Waals surface area contributed by atoms with Gasteiger partial charge in [0.15, 0.2) is 12.4 Å². The van der Waals surface area contributed by atoms with Crippen LogP contribution in [0.1, 0.15) is 33.1 Å². The van der Waals surface area contributed by atoms with Gasteiger partial charge in [-0.15, -0.1) is 20.4 Å². The Morgan fingerprint density at radius 2 is 1.55 bits per heavy atom. The second kappa shape index (κ2) is 16.4. The number of hydroxylamine groups is 2. The van der Waals surface area contributed by atoms with E-state index in [-0.39, 0.29) is 27.7 Å². The Balaban J connectivity index is 0.00000337. The number of aryl methyl sites for hydroxylation is 1. The minimum atomic E-state index is -0.227. The zero-order valence-corrected chi connectivity index (χ0v) is 24.0. The van der Waals surface area contributed by atoms with Gasteiger partial charge >= 0.3 is 0 Å². The minimum Gasteiger partial charge on any atom is -0.484 e. The summed E-state index contributed by atoms with van der Waals surface area (Å²) in [6.45, 7) is 7.38. The maximum absolute atomic E-state index is 12.1. The van der Waals surface area contributed by atoms with E-state index in [1.807, 2.05) is 53.6 Å². The van der Waals surface area contributed by atoms with E-state index in [2.05, 4.69) is 38.0 Å². The molecule has 3 aromatic rings. The Bertz CT molecular complexity index is 1270. The fourth-order valence-electron chi connectivity index (χ4n) is 3.64. The lowest BCUT2D eigenvalue weighted by Gasteiger charge is -2.09. The van der Waals surface area contributed by atoms with Crippen LogP contribution in [0.4, 0.5) is 0 Å². The second-order valence-electron chi connectivity index (χ2n) is 9.72. The monoisotopic (exact) mass is 583 g/mol. The highest BCUT2D eigenvalue weighted by Gasteiger charge is 2.30. The van der Waals surface area contributed by atoms with E-state index in [9.17, 15) is 9.59 Å². The average molecular weight is 584 g/mol. The second-order valence-corrected chi connectivity index (χ2v) is 9.72. The van der Waals surface area contributed by atoms with Gasteiger partial charge in [0.1, 0.15) is 5.75 Å². The molecule has 2 unspecified atom stereocenters. The van der Waals surface area contributed by atoms with Gasteiger partial charge in [0, 0.05) is 40.5 Å². The van der Waals surface area contributed by atoms with Crippen LogP contribution in [0.2, 0.25) is 0 Å². The Morgan fingerprint density at radius 1 is 0.881 bits per heavy atom. The van der Waals surface area contributed by atoms with Crippen LogP contribution in [0, 0.1) is 6.92 Å². The predicted octanol–water partition coefficient (Wildman–Crippen LogP) is 2.10. The lowest BCUT2D eigenvalue weighted by atomic mass is 10.1. The molecule has 228 valence electrons. The smallest absolute Gasteiger partial charge is 0.258 e. The van der Waals surface area contributed by atoms with Crippen molar-refractivity contribution in [2.75, 3.05) is 46.1 Å². The fraction of sp³-hybridized carbons (Fsp3) is 0.448. The van der Waals surface area contributed by atoms with E-state index in [1.54, 1.807) is 6.92 Å². The number of carbonyl (C=O) groups is 2. The standard InChI is InChI=1S/C29H37N7O6.2H2/c1-21-18-36(21)42-19-24-5-9-26(10-6-24)41-20-28(38)30-12-14-40-16-15-39-13-11-27(37)31-17-23-3-7-25(8-4-23)29-34-32-22(2)33-35-29;;/h3-10,21H,11-20H2,1-2H3,(H,30,38)(H,31,37);2*1H. The van der Waals surface area contributed by atoms with Crippen molar-refractivity contribution in [2.45, 2.75) is 39.5 Å². The molecule has 2 heterocycles. The summed E-state index contributed by atoms with van der Waals surface area (Å²) in [5.74, 6) is 1.25. The number of hydrogen-bond acceptors (Lipinski definition) is 11. The number of carbonyl (C=O) groups excluding carboxylic acids is 2. The first-order chi connectivity index (χ1) is 20.5. The zero-order valence-electron chi connectivity index (χ0n) is 24.0. The summed E-state index contributed by atoms with van der Waals surface area (Å²) in [5, 5.41) is 23.4. The molecule has 0 radical (unpaired) electrons.